The van der Waals surface area contributed by atoms with E-state index in [1.54, 1.807) is 0 Å². The molecule has 2 rings (SSSR count). The molecule has 172 valence electrons. The minimum atomic E-state index is -0.182. The quantitative estimate of drug-likeness (QED) is 0.520. The fraction of sp³-hybridized carbons (Fsp3) is 0.586. The van der Waals surface area contributed by atoms with E-state index in [9.17, 15) is 10.2 Å². The zero-order chi connectivity index (χ0) is 24.1. The van der Waals surface area contributed by atoms with Gasteiger partial charge in [0.1, 0.15) is 11.5 Å². The molecule has 2 heteroatoms. The van der Waals surface area contributed by atoms with Crippen LogP contribution in [0.1, 0.15) is 128 Å². The van der Waals surface area contributed by atoms with Crippen LogP contribution in [-0.4, -0.2) is 10.2 Å². The minimum Gasteiger partial charge on any atom is -0.507 e. The van der Waals surface area contributed by atoms with E-state index in [0.29, 0.717) is 11.5 Å². The highest BCUT2D eigenvalue weighted by molar-refractivity contribution is 5.56. The Kier molecular flexibility index (Phi) is 6.68. The van der Waals surface area contributed by atoms with Crippen molar-refractivity contribution in [3.63, 3.8) is 0 Å². The third-order valence-electron chi connectivity index (χ3n) is 6.40. The molecule has 0 fully saturated rings. The van der Waals surface area contributed by atoms with E-state index in [1.165, 1.54) is 11.1 Å². The number of benzene rings is 2. The van der Waals surface area contributed by atoms with Gasteiger partial charge in [0.15, 0.2) is 0 Å². The highest BCUT2D eigenvalue weighted by Gasteiger charge is 2.29. The van der Waals surface area contributed by atoms with Gasteiger partial charge in [0.2, 0.25) is 0 Å². The van der Waals surface area contributed by atoms with Crippen molar-refractivity contribution in [2.24, 2.45) is 0 Å². The Bertz CT molecular complexity index is 945. The lowest BCUT2D eigenvalue weighted by Crippen LogP contribution is -2.18. The molecule has 0 aliphatic rings. The summed E-state index contributed by atoms with van der Waals surface area (Å²) in [5.74, 6) is 0.782. The van der Waals surface area contributed by atoms with Gasteiger partial charge in [-0.3, -0.25) is 0 Å². The Morgan fingerprint density at radius 2 is 0.935 bits per heavy atom. The van der Waals surface area contributed by atoms with E-state index < -0.39 is 0 Å². The number of hydrogen-bond acceptors (Lipinski definition) is 2. The first kappa shape index (κ1) is 25.3. The second kappa shape index (κ2) is 8.19. The summed E-state index contributed by atoms with van der Waals surface area (Å²) in [5, 5.41) is 22.6. The van der Waals surface area contributed by atoms with E-state index in [0.717, 1.165) is 22.3 Å². The molecule has 0 amide bonds. The van der Waals surface area contributed by atoms with E-state index in [1.807, 2.05) is 0 Å². The zero-order valence-corrected chi connectivity index (χ0v) is 21.9. The lowest BCUT2D eigenvalue weighted by atomic mass is 9.75. The summed E-state index contributed by atoms with van der Waals surface area (Å²) < 4.78 is 0. The van der Waals surface area contributed by atoms with Crippen LogP contribution in [0.4, 0.5) is 0 Å². The third kappa shape index (κ3) is 5.27. The van der Waals surface area contributed by atoms with Crippen LogP contribution in [-0.2, 0) is 16.2 Å². The van der Waals surface area contributed by atoms with Crippen LogP contribution in [0.15, 0.2) is 24.3 Å². The van der Waals surface area contributed by atoms with Crippen molar-refractivity contribution in [3.8, 4) is 11.5 Å². The molecule has 0 radical (unpaired) electrons. The average Bonchev–Trinajstić information content (AvgIpc) is 2.58. The number of hydrogen-bond donors (Lipinski definition) is 2. The SMILES string of the molecule is CC(C)c1cc(C(C)(C)C)cc(C(C)c2cc(C(C)(C)C)cc(C(C)(C)C)c2O)c1O. The molecule has 1 unspecified atom stereocenters. The van der Waals surface area contributed by atoms with E-state index >= 15 is 0 Å². The maximum absolute atomic E-state index is 11.4. The number of rotatable bonds is 3. The maximum Gasteiger partial charge on any atom is 0.123 e. The molecule has 31 heavy (non-hydrogen) atoms. The molecule has 2 aromatic rings. The van der Waals surface area contributed by atoms with Crippen molar-refractivity contribution in [3.05, 3.63) is 57.6 Å². The molecule has 0 aliphatic heterocycles. The zero-order valence-electron chi connectivity index (χ0n) is 21.9. The van der Waals surface area contributed by atoms with Crippen molar-refractivity contribution in [2.45, 2.75) is 111 Å². The van der Waals surface area contributed by atoms with Crippen LogP contribution in [0.5, 0.6) is 11.5 Å². The van der Waals surface area contributed by atoms with Gasteiger partial charge >= 0.3 is 0 Å². The molecule has 0 heterocycles. The number of phenolic OH excluding ortho intramolecular Hbond substituents is 2. The standard InChI is InChI=1S/C29H44O2/c1-17(2)21-13-19(27(4,5)6)14-22(25(21)30)18(3)23-15-20(28(7,8)9)16-24(26(23)31)29(10,11)12/h13-18,30-31H,1-12H3. The fourth-order valence-electron chi connectivity index (χ4n) is 4.04. The molecule has 2 N–H and O–H groups in total. The van der Waals surface area contributed by atoms with Crippen LogP contribution in [0.3, 0.4) is 0 Å². The van der Waals surface area contributed by atoms with Crippen LogP contribution < -0.4 is 0 Å². The van der Waals surface area contributed by atoms with Crippen molar-refractivity contribution in [1.29, 1.82) is 0 Å². The smallest absolute Gasteiger partial charge is 0.123 e. The van der Waals surface area contributed by atoms with E-state index in [4.69, 9.17) is 0 Å². The largest absolute Gasteiger partial charge is 0.507 e. The van der Waals surface area contributed by atoms with Crippen molar-refractivity contribution in [1.82, 2.24) is 0 Å². The predicted molar refractivity (Wildman–Crippen MR) is 134 cm³/mol. The van der Waals surface area contributed by atoms with Crippen LogP contribution in [0.2, 0.25) is 0 Å². The Balaban J connectivity index is 2.85. The van der Waals surface area contributed by atoms with Gasteiger partial charge in [0.05, 0.1) is 0 Å². The van der Waals surface area contributed by atoms with Gasteiger partial charge in [0, 0.05) is 17.0 Å². The van der Waals surface area contributed by atoms with E-state index in [2.05, 4.69) is 107 Å². The first-order valence-corrected chi connectivity index (χ1v) is 11.6. The highest BCUT2D eigenvalue weighted by atomic mass is 16.3. The number of phenols is 2. The van der Waals surface area contributed by atoms with Crippen molar-refractivity contribution < 1.29 is 10.2 Å². The van der Waals surface area contributed by atoms with Gasteiger partial charge in [-0.15, -0.1) is 0 Å². The molecular formula is C29H44O2. The molecule has 0 spiro atoms. The van der Waals surface area contributed by atoms with Gasteiger partial charge in [-0.05, 0) is 44.4 Å². The fourth-order valence-corrected chi connectivity index (χ4v) is 4.04. The Morgan fingerprint density at radius 3 is 1.32 bits per heavy atom. The second-order valence-electron chi connectivity index (χ2n) is 12.6. The van der Waals surface area contributed by atoms with Gasteiger partial charge in [-0.25, -0.2) is 0 Å². The summed E-state index contributed by atoms with van der Waals surface area (Å²) in [6, 6.07) is 8.55. The van der Waals surface area contributed by atoms with Crippen molar-refractivity contribution in [2.75, 3.05) is 0 Å². The average molecular weight is 425 g/mol. The Morgan fingerprint density at radius 1 is 0.548 bits per heavy atom. The topological polar surface area (TPSA) is 40.5 Å². The molecule has 2 nitrogen and oxygen atoms in total. The molecule has 1 atom stereocenters. The molecule has 0 aliphatic carbocycles. The lowest BCUT2D eigenvalue weighted by molar-refractivity contribution is 0.432. The normalized spacial score (nSPS) is 14.2. The van der Waals surface area contributed by atoms with Gasteiger partial charge < -0.3 is 10.2 Å². The predicted octanol–water partition coefficient (Wildman–Crippen LogP) is 8.27. The Hall–Kier alpha value is -1.96. The highest BCUT2D eigenvalue weighted by Crippen LogP contribution is 2.45. The van der Waals surface area contributed by atoms with Crippen LogP contribution in [0.25, 0.3) is 0 Å². The summed E-state index contributed by atoms with van der Waals surface area (Å²) in [7, 11) is 0. The van der Waals surface area contributed by atoms with Gasteiger partial charge in [-0.2, -0.15) is 0 Å². The van der Waals surface area contributed by atoms with Crippen LogP contribution >= 0.6 is 0 Å². The van der Waals surface area contributed by atoms with Crippen molar-refractivity contribution >= 4 is 0 Å². The summed E-state index contributed by atoms with van der Waals surface area (Å²) in [6.45, 7) is 26.0. The first-order chi connectivity index (χ1) is 13.9. The maximum atomic E-state index is 11.4. The monoisotopic (exact) mass is 424 g/mol. The molecule has 2 aromatic carbocycles. The third-order valence-corrected chi connectivity index (χ3v) is 6.40. The van der Waals surface area contributed by atoms with E-state index in [-0.39, 0.29) is 28.1 Å². The summed E-state index contributed by atoms with van der Waals surface area (Å²) >= 11 is 0. The Labute approximate surface area is 190 Å². The number of aromatic hydroxyl groups is 2. The van der Waals surface area contributed by atoms with Gasteiger partial charge in [0.25, 0.3) is 0 Å². The summed E-state index contributed by atoms with van der Waals surface area (Å²) in [4.78, 5) is 0. The lowest BCUT2D eigenvalue weighted by Gasteiger charge is -2.30. The molecule has 0 aromatic heterocycles. The molecule has 0 bridgehead atoms. The summed E-state index contributed by atoms with van der Waals surface area (Å²) in [6.07, 6.45) is 0. The van der Waals surface area contributed by atoms with Crippen LogP contribution in [0, 0.1) is 0 Å². The minimum absolute atomic E-state index is 0.0301. The molecular weight excluding hydrogens is 380 g/mol. The molecule has 0 saturated heterocycles. The van der Waals surface area contributed by atoms with Gasteiger partial charge in [-0.1, -0.05) is 107 Å². The molecule has 0 saturated carbocycles. The first-order valence-electron chi connectivity index (χ1n) is 11.6. The summed E-state index contributed by atoms with van der Waals surface area (Å²) in [5.41, 5.74) is 5.85. The second-order valence-corrected chi connectivity index (χ2v) is 12.6.